The maximum absolute atomic E-state index is 12.1. The van der Waals surface area contributed by atoms with E-state index < -0.39 is 5.97 Å². The third-order valence-electron chi connectivity index (χ3n) is 3.96. The second-order valence-electron chi connectivity index (χ2n) is 5.97. The van der Waals surface area contributed by atoms with Crippen molar-refractivity contribution in [3.63, 3.8) is 0 Å². The van der Waals surface area contributed by atoms with E-state index in [1.54, 1.807) is 18.3 Å². The van der Waals surface area contributed by atoms with Gasteiger partial charge in [-0.05, 0) is 42.0 Å². The Morgan fingerprint density at radius 1 is 0.966 bits per heavy atom. The third kappa shape index (κ3) is 5.35. The first-order valence-electron chi connectivity index (χ1n) is 8.92. The molecule has 1 aromatic heterocycles. The van der Waals surface area contributed by atoms with Crippen LogP contribution in [0.1, 0.15) is 11.1 Å². The maximum Gasteiger partial charge on any atom is 0.341 e. The number of para-hydroxylation sites is 1. The van der Waals surface area contributed by atoms with Crippen LogP contribution >= 0.6 is 0 Å². The van der Waals surface area contributed by atoms with Crippen LogP contribution in [0, 0.1) is 0 Å². The van der Waals surface area contributed by atoms with Gasteiger partial charge in [0.25, 0.3) is 0 Å². The maximum atomic E-state index is 12.1. The molecule has 3 aromatic rings. The van der Waals surface area contributed by atoms with E-state index in [1.165, 1.54) is 20.5 Å². The smallest absolute Gasteiger partial charge is 0.341 e. The molecule has 0 unspecified atom stereocenters. The fraction of sp³-hybridized carbons (Fsp3) is 0.130. The van der Waals surface area contributed by atoms with Crippen LogP contribution in [0.25, 0.3) is 5.57 Å². The number of rotatable bonds is 8. The van der Waals surface area contributed by atoms with Gasteiger partial charge in [0.2, 0.25) is 5.88 Å². The average Bonchev–Trinajstić information content (AvgIpc) is 2.77. The number of benzene rings is 2. The summed E-state index contributed by atoms with van der Waals surface area (Å²) in [5.41, 5.74) is 1.61. The minimum atomic E-state index is -0.547. The zero-order valence-corrected chi connectivity index (χ0v) is 16.2. The second kappa shape index (κ2) is 9.94. The molecular formula is C23H21NO5. The monoisotopic (exact) mass is 391 g/mol. The summed E-state index contributed by atoms with van der Waals surface area (Å²) in [5.74, 6) is 1.08. The summed E-state index contributed by atoms with van der Waals surface area (Å²) in [4.78, 5) is 16.4. The number of carbonyl (C=O) groups excluding carboxylic acids is 1. The highest BCUT2D eigenvalue weighted by Crippen LogP contribution is 2.29. The zero-order chi connectivity index (χ0) is 20.5. The van der Waals surface area contributed by atoms with Crippen molar-refractivity contribution >= 4 is 11.5 Å². The van der Waals surface area contributed by atoms with Gasteiger partial charge in [0.05, 0.1) is 26.0 Å². The fourth-order valence-electron chi connectivity index (χ4n) is 2.62. The van der Waals surface area contributed by atoms with Crippen molar-refractivity contribution in [2.75, 3.05) is 14.2 Å². The van der Waals surface area contributed by atoms with E-state index in [9.17, 15) is 4.79 Å². The summed E-state index contributed by atoms with van der Waals surface area (Å²) in [7, 11) is 2.76. The number of ether oxygens (including phenoxy) is 4. The van der Waals surface area contributed by atoms with Gasteiger partial charge in [-0.1, -0.05) is 30.3 Å². The minimum Gasteiger partial charge on any atom is -0.503 e. The molecule has 29 heavy (non-hydrogen) atoms. The highest BCUT2D eigenvalue weighted by Gasteiger charge is 2.19. The van der Waals surface area contributed by atoms with Crippen molar-refractivity contribution in [2.24, 2.45) is 0 Å². The highest BCUT2D eigenvalue weighted by atomic mass is 16.5. The number of nitrogens with zero attached hydrogens (tertiary/aromatic N) is 1. The van der Waals surface area contributed by atoms with Crippen molar-refractivity contribution in [3.8, 4) is 17.4 Å². The average molecular weight is 391 g/mol. The van der Waals surface area contributed by atoms with Crippen molar-refractivity contribution in [3.05, 3.63) is 90.3 Å². The van der Waals surface area contributed by atoms with Crippen LogP contribution in [0.5, 0.6) is 17.4 Å². The topological polar surface area (TPSA) is 66.9 Å². The van der Waals surface area contributed by atoms with Crippen LogP contribution in [-0.4, -0.2) is 25.2 Å². The largest absolute Gasteiger partial charge is 0.503 e. The van der Waals surface area contributed by atoms with Gasteiger partial charge in [-0.25, -0.2) is 9.78 Å². The summed E-state index contributed by atoms with van der Waals surface area (Å²) in [5, 5.41) is 0. The first-order valence-corrected chi connectivity index (χ1v) is 8.92. The SMILES string of the molecule is CO/C=C(/C(=O)OC)c1cccnc1Oc1cccc(COc2ccccc2)c1. The quantitative estimate of drug-likeness (QED) is 0.317. The van der Waals surface area contributed by atoms with E-state index >= 15 is 0 Å². The fourth-order valence-corrected chi connectivity index (χ4v) is 2.62. The minimum absolute atomic E-state index is 0.210. The molecule has 0 N–H and O–H groups in total. The molecule has 0 saturated carbocycles. The van der Waals surface area contributed by atoms with E-state index in [2.05, 4.69) is 4.98 Å². The summed E-state index contributed by atoms with van der Waals surface area (Å²) >= 11 is 0. The van der Waals surface area contributed by atoms with Crippen LogP contribution in [0.4, 0.5) is 0 Å². The van der Waals surface area contributed by atoms with Crippen molar-refractivity contribution in [2.45, 2.75) is 6.61 Å². The van der Waals surface area contributed by atoms with Gasteiger partial charge in [0, 0.05) is 6.20 Å². The van der Waals surface area contributed by atoms with E-state index in [4.69, 9.17) is 18.9 Å². The van der Waals surface area contributed by atoms with E-state index in [1.807, 2.05) is 54.6 Å². The molecule has 0 atom stereocenters. The molecule has 0 aliphatic carbocycles. The predicted octanol–water partition coefficient (Wildman–Crippen LogP) is 4.61. The summed E-state index contributed by atoms with van der Waals surface area (Å²) < 4.78 is 21.6. The number of methoxy groups -OCH3 is 2. The molecule has 0 amide bonds. The van der Waals surface area contributed by atoms with Gasteiger partial charge in [0.1, 0.15) is 23.7 Å². The lowest BCUT2D eigenvalue weighted by Gasteiger charge is -2.12. The Morgan fingerprint density at radius 3 is 2.52 bits per heavy atom. The number of hydrogen-bond donors (Lipinski definition) is 0. The molecule has 148 valence electrons. The van der Waals surface area contributed by atoms with Crippen LogP contribution in [0.2, 0.25) is 0 Å². The lowest BCUT2D eigenvalue weighted by Crippen LogP contribution is -2.06. The molecule has 0 fully saturated rings. The second-order valence-corrected chi connectivity index (χ2v) is 5.97. The van der Waals surface area contributed by atoms with Gasteiger partial charge in [-0.15, -0.1) is 0 Å². The number of aromatic nitrogens is 1. The Kier molecular flexibility index (Phi) is 6.84. The number of pyridine rings is 1. The van der Waals surface area contributed by atoms with Crippen molar-refractivity contribution in [1.82, 2.24) is 4.98 Å². The van der Waals surface area contributed by atoms with Crippen LogP contribution in [0.3, 0.4) is 0 Å². The number of esters is 1. The van der Waals surface area contributed by atoms with Crippen LogP contribution in [0.15, 0.2) is 79.2 Å². The molecule has 0 bridgehead atoms. The highest BCUT2D eigenvalue weighted by molar-refractivity contribution is 6.16. The van der Waals surface area contributed by atoms with Crippen LogP contribution in [-0.2, 0) is 20.9 Å². The Hall–Kier alpha value is -3.80. The standard InChI is InChI=1S/C23H21NO5/c1-26-16-21(23(25)27-2)20-12-7-13-24-22(20)29-19-11-6-8-17(14-19)15-28-18-9-4-3-5-10-18/h3-14,16H,15H2,1-2H3/b21-16+. The molecule has 0 radical (unpaired) electrons. The molecule has 0 aliphatic heterocycles. The summed E-state index contributed by atoms with van der Waals surface area (Å²) in [6, 6.07) is 20.5. The van der Waals surface area contributed by atoms with E-state index in [0.29, 0.717) is 17.9 Å². The Bertz CT molecular complexity index is 985. The summed E-state index contributed by atoms with van der Waals surface area (Å²) in [6.07, 6.45) is 2.89. The lowest BCUT2D eigenvalue weighted by molar-refractivity contribution is -0.133. The first kappa shape index (κ1) is 19.9. The molecule has 0 aliphatic rings. The first-order chi connectivity index (χ1) is 14.2. The molecule has 3 rings (SSSR count). The molecule has 6 nitrogen and oxygen atoms in total. The summed E-state index contributed by atoms with van der Waals surface area (Å²) in [6.45, 7) is 0.396. The van der Waals surface area contributed by atoms with Gasteiger partial charge >= 0.3 is 5.97 Å². The van der Waals surface area contributed by atoms with Gasteiger partial charge in [-0.3, -0.25) is 0 Å². The van der Waals surface area contributed by atoms with Gasteiger partial charge in [-0.2, -0.15) is 0 Å². The van der Waals surface area contributed by atoms with Gasteiger partial charge < -0.3 is 18.9 Å². The normalized spacial score (nSPS) is 10.9. The Morgan fingerprint density at radius 2 is 1.76 bits per heavy atom. The Balaban J connectivity index is 1.80. The lowest BCUT2D eigenvalue weighted by atomic mass is 10.1. The number of hydrogen-bond acceptors (Lipinski definition) is 6. The molecular weight excluding hydrogens is 370 g/mol. The van der Waals surface area contributed by atoms with Crippen molar-refractivity contribution < 1.29 is 23.7 Å². The van der Waals surface area contributed by atoms with E-state index in [0.717, 1.165) is 11.3 Å². The third-order valence-corrected chi connectivity index (χ3v) is 3.96. The zero-order valence-electron chi connectivity index (χ0n) is 16.2. The molecule has 0 spiro atoms. The number of carbonyl (C=O) groups is 1. The predicted molar refractivity (Wildman–Crippen MR) is 109 cm³/mol. The van der Waals surface area contributed by atoms with Crippen molar-refractivity contribution in [1.29, 1.82) is 0 Å². The molecule has 2 aromatic carbocycles. The van der Waals surface area contributed by atoms with Crippen LogP contribution < -0.4 is 9.47 Å². The Labute approximate surface area is 169 Å². The molecule has 1 heterocycles. The van der Waals surface area contributed by atoms with Gasteiger partial charge in [0.15, 0.2) is 0 Å². The molecule has 6 heteroatoms. The van der Waals surface area contributed by atoms with E-state index in [-0.39, 0.29) is 11.5 Å². The molecule has 0 saturated heterocycles.